The van der Waals surface area contributed by atoms with Gasteiger partial charge in [-0.05, 0) is 177 Å². The minimum atomic E-state index is -0.631. The van der Waals surface area contributed by atoms with Crippen molar-refractivity contribution in [2.24, 2.45) is 11.8 Å². The van der Waals surface area contributed by atoms with E-state index in [-0.39, 0.29) is 17.9 Å². The number of benzene rings is 4. The molecule has 0 unspecified atom stereocenters. The first-order chi connectivity index (χ1) is 41.5. The van der Waals surface area contributed by atoms with Gasteiger partial charge in [-0.25, -0.2) is 19.9 Å². The van der Waals surface area contributed by atoms with Crippen LogP contribution in [-0.2, 0) is 9.59 Å². The van der Waals surface area contributed by atoms with Gasteiger partial charge in [-0.2, -0.15) is 10.2 Å². The van der Waals surface area contributed by atoms with Crippen molar-refractivity contribution < 1.29 is 33.0 Å². The number of ether oxygens (including phenoxy) is 2. The Bertz CT molecular complexity index is 3910. The van der Waals surface area contributed by atoms with Gasteiger partial charge in [0.05, 0.1) is 5.92 Å². The van der Waals surface area contributed by atoms with E-state index in [9.17, 15) is 9.59 Å². The Morgan fingerprint density at radius 2 is 1.04 bits per heavy atom. The van der Waals surface area contributed by atoms with Crippen molar-refractivity contribution in [3.05, 3.63) is 121 Å². The standard InChI is InChI=1S/C32H35N7O3.C26H25N5O2.C7H13NO2/c1-20-5-3-7-25-28(20)42-31(35-25)21-8-10-24(11-9-21)41-26-12-15-33-29-27(26)30(37-36-29)34-23-6-4-16-39(19-23)32(40)22-13-17-38(2)18-14-22;1-16-6-5-9-20-23(16)33-26(29-20)17-10-12-19(13-11-17)32-21-14-15-27-24-22(21)25(31-30-24)28-18-7-3-2-4-8-18;1-8-4-2-6(3-5-8)7(9)10/h3,5,7-12,15,22-23H,4,6,13-14,16-19H2,1-2H3,(H2,33,34,36,37);5-6,9-15,18H,2-4,7-8H2,1H3,(H2,27,28,30,31);6H,2-5H2,1H3,(H,9,10)/t23-;;/m1../s1. The van der Waals surface area contributed by atoms with Crippen LogP contribution in [0.3, 0.4) is 0 Å². The van der Waals surface area contributed by atoms with Gasteiger partial charge in [0, 0.05) is 66.7 Å². The summed E-state index contributed by atoms with van der Waals surface area (Å²) < 4.78 is 24.6. The summed E-state index contributed by atoms with van der Waals surface area (Å²) in [5.74, 6) is 5.15. The molecule has 3 aliphatic heterocycles. The number of carboxylic acids is 1. The zero-order valence-electron chi connectivity index (χ0n) is 48.6. The molecule has 20 nitrogen and oxygen atoms in total. The normalized spacial score (nSPS) is 17.6. The molecule has 4 aromatic carbocycles. The van der Waals surface area contributed by atoms with Gasteiger partial charge in [-0.1, -0.05) is 43.5 Å². The van der Waals surface area contributed by atoms with Crippen LogP contribution in [0.5, 0.6) is 23.0 Å². The molecule has 0 radical (unpaired) electrons. The van der Waals surface area contributed by atoms with Gasteiger partial charge in [0.25, 0.3) is 0 Å². The van der Waals surface area contributed by atoms with Crippen LogP contribution in [-0.4, -0.2) is 137 Å². The Hall–Kier alpha value is -8.88. The van der Waals surface area contributed by atoms with Crippen LogP contribution in [0.2, 0.25) is 0 Å². The molecule has 0 bridgehead atoms. The molecule has 85 heavy (non-hydrogen) atoms. The molecule has 14 rings (SSSR count). The third-order valence-corrected chi connectivity index (χ3v) is 16.9. The van der Waals surface area contributed by atoms with E-state index in [4.69, 9.17) is 23.4 Å². The Balaban J connectivity index is 0.000000146. The van der Waals surface area contributed by atoms with E-state index >= 15 is 0 Å². The van der Waals surface area contributed by atoms with Crippen LogP contribution in [0.4, 0.5) is 11.6 Å². The number of para-hydroxylation sites is 2. The fourth-order valence-corrected chi connectivity index (χ4v) is 11.9. The molecule has 5 N–H and O–H groups in total. The summed E-state index contributed by atoms with van der Waals surface area (Å²) in [7, 11) is 4.15. The van der Waals surface area contributed by atoms with Crippen molar-refractivity contribution in [2.75, 3.05) is 64.0 Å². The van der Waals surface area contributed by atoms with Crippen LogP contribution in [0, 0.1) is 25.7 Å². The highest BCUT2D eigenvalue weighted by atomic mass is 16.5. The number of rotatable bonds is 12. The lowest BCUT2D eigenvalue weighted by Gasteiger charge is -2.37. The lowest BCUT2D eigenvalue weighted by molar-refractivity contribution is -0.143. The third-order valence-electron chi connectivity index (χ3n) is 16.9. The maximum Gasteiger partial charge on any atom is 0.306 e. The number of carbonyl (C=O) groups is 2. The van der Waals surface area contributed by atoms with Gasteiger partial charge in [-0.3, -0.25) is 19.8 Å². The summed E-state index contributed by atoms with van der Waals surface area (Å²) in [5.41, 5.74) is 8.60. The zero-order valence-corrected chi connectivity index (χ0v) is 48.6. The second kappa shape index (κ2) is 25.5. The predicted octanol–water partition coefficient (Wildman–Crippen LogP) is 12.6. The number of hydrogen-bond donors (Lipinski definition) is 5. The number of fused-ring (bicyclic) bond motifs is 4. The summed E-state index contributed by atoms with van der Waals surface area (Å²) in [4.78, 5) is 48.4. The lowest BCUT2D eigenvalue weighted by Crippen LogP contribution is -2.49. The molecule has 10 aromatic rings. The molecule has 4 aliphatic rings. The molecule has 0 spiro atoms. The average Bonchev–Trinajstić information content (AvgIpc) is 4.06. The number of likely N-dealkylation sites (tertiary alicyclic amines) is 3. The Morgan fingerprint density at radius 1 is 0.565 bits per heavy atom. The van der Waals surface area contributed by atoms with Gasteiger partial charge in [0.1, 0.15) is 44.8 Å². The molecule has 1 atom stereocenters. The van der Waals surface area contributed by atoms with Gasteiger partial charge in [0.2, 0.25) is 17.7 Å². The summed E-state index contributed by atoms with van der Waals surface area (Å²) in [6.07, 6.45) is 15.0. The summed E-state index contributed by atoms with van der Waals surface area (Å²) in [6, 6.07) is 31.7. The van der Waals surface area contributed by atoms with Crippen LogP contribution < -0.4 is 20.1 Å². The van der Waals surface area contributed by atoms with Crippen molar-refractivity contribution in [2.45, 2.75) is 96.6 Å². The number of pyridine rings is 2. The lowest BCUT2D eigenvalue weighted by atomic mass is 9.94. The quantitative estimate of drug-likeness (QED) is 0.0764. The third kappa shape index (κ3) is 13.1. The SMILES string of the molecule is CN1CCC(C(=O)O)CC1.Cc1cccc2nc(-c3ccc(Oc4ccnc5[nH]nc(NC6CCCCC6)c45)cc3)oc12.Cc1cccc2nc(-c3ccc(Oc4ccnc5[nH]nc(N[C@@H]6CCCN(C(=O)C7CCN(C)CC7)C6)c45)cc3)oc12. The Morgan fingerprint density at radius 3 is 1.52 bits per heavy atom. The van der Waals surface area contributed by atoms with E-state index in [1.807, 2.05) is 123 Å². The molecule has 20 heteroatoms. The number of carboxylic acid groups (broad SMARTS) is 1. The molecule has 4 fully saturated rings. The number of carbonyl (C=O) groups excluding carboxylic acids is 1. The highest BCUT2D eigenvalue weighted by Gasteiger charge is 2.32. The van der Waals surface area contributed by atoms with Crippen molar-refractivity contribution in [1.29, 1.82) is 0 Å². The number of anilines is 2. The van der Waals surface area contributed by atoms with Gasteiger partial charge in [0.15, 0.2) is 34.1 Å². The fraction of sp³-hybridized carbons (Fsp3) is 0.385. The number of aromatic nitrogens is 8. The zero-order chi connectivity index (χ0) is 58.4. The van der Waals surface area contributed by atoms with E-state index in [0.29, 0.717) is 58.9 Å². The molecule has 1 saturated carbocycles. The number of H-pyrrole nitrogens is 2. The van der Waals surface area contributed by atoms with E-state index in [2.05, 4.69) is 67.8 Å². The van der Waals surface area contributed by atoms with Gasteiger partial charge in [-0.15, -0.1) is 0 Å². The smallest absolute Gasteiger partial charge is 0.306 e. The van der Waals surface area contributed by atoms with Crippen LogP contribution in [0.15, 0.2) is 118 Å². The van der Waals surface area contributed by atoms with Gasteiger partial charge < -0.3 is 48.7 Å². The number of amides is 1. The summed E-state index contributed by atoms with van der Waals surface area (Å²) in [6.45, 7) is 9.36. The molecule has 1 amide bonds. The molecule has 3 saturated heterocycles. The number of aromatic amines is 2. The monoisotopic (exact) mass is 1150 g/mol. The molecule has 440 valence electrons. The number of piperidine rings is 3. The van der Waals surface area contributed by atoms with Crippen molar-refractivity contribution in [3.63, 3.8) is 0 Å². The predicted molar refractivity (Wildman–Crippen MR) is 328 cm³/mol. The maximum absolute atomic E-state index is 13.3. The molecular weight excluding hydrogens is 1070 g/mol. The van der Waals surface area contributed by atoms with E-state index in [1.54, 1.807) is 12.4 Å². The topological polar surface area (TPSA) is 242 Å². The average molecular weight is 1150 g/mol. The number of aliphatic carboxylic acids is 1. The fourth-order valence-electron chi connectivity index (χ4n) is 11.9. The van der Waals surface area contributed by atoms with Crippen molar-refractivity contribution in [3.8, 4) is 45.9 Å². The second-order valence-corrected chi connectivity index (χ2v) is 23.1. The van der Waals surface area contributed by atoms with E-state index < -0.39 is 5.97 Å². The molecule has 9 heterocycles. The largest absolute Gasteiger partial charge is 0.481 e. The molecule has 1 aliphatic carbocycles. The van der Waals surface area contributed by atoms with Crippen molar-refractivity contribution in [1.82, 2.24) is 55.0 Å². The first-order valence-electron chi connectivity index (χ1n) is 29.8. The molecular formula is C65H73N13O7. The van der Waals surface area contributed by atoms with Crippen LogP contribution in [0.1, 0.15) is 81.8 Å². The van der Waals surface area contributed by atoms with Crippen molar-refractivity contribution >= 4 is 67.8 Å². The number of aryl methyl sites for hydroxylation is 2. The summed E-state index contributed by atoms with van der Waals surface area (Å²) in [5, 5.41) is 32.5. The molecule has 6 aromatic heterocycles. The first kappa shape index (κ1) is 56.6. The highest BCUT2D eigenvalue weighted by molar-refractivity contribution is 5.94. The van der Waals surface area contributed by atoms with Crippen LogP contribution in [0.25, 0.3) is 67.2 Å². The summed E-state index contributed by atoms with van der Waals surface area (Å²) >= 11 is 0. The Labute approximate surface area is 492 Å². The van der Waals surface area contributed by atoms with Crippen LogP contribution >= 0.6 is 0 Å². The maximum atomic E-state index is 13.3. The minimum absolute atomic E-state index is 0.0869. The first-order valence-corrected chi connectivity index (χ1v) is 29.8. The van der Waals surface area contributed by atoms with E-state index in [0.717, 1.165) is 144 Å². The Kier molecular flexibility index (Phi) is 17.0. The van der Waals surface area contributed by atoms with Gasteiger partial charge >= 0.3 is 5.97 Å². The number of nitrogens with one attached hydrogen (secondary N) is 4. The minimum Gasteiger partial charge on any atom is -0.481 e. The number of nitrogens with zero attached hydrogens (tertiary/aromatic N) is 9. The highest BCUT2D eigenvalue weighted by Crippen LogP contribution is 2.38. The van der Waals surface area contributed by atoms with E-state index in [1.165, 1.54) is 32.1 Å². The number of oxazole rings is 2. The number of hydrogen-bond acceptors (Lipinski definition) is 16. The second-order valence-electron chi connectivity index (χ2n) is 23.1.